The van der Waals surface area contributed by atoms with Gasteiger partial charge in [0.2, 0.25) is 11.6 Å². The van der Waals surface area contributed by atoms with E-state index in [1.54, 1.807) is 38.1 Å². The topological polar surface area (TPSA) is 204 Å². The number of nitrogen functional groups attached to an aromatic ring is 1. The molecule has 5 atom stereocenters. The number of hydrogen-bond donors (Lipinski definition) is 5. The van der Waals surface area contributed by atoms with Crippen LogP contribution in [-0.2, 0) is 29.7 Å². The van der Waals surface area contributed by atoms with Crippen LogP contribution in [0.4, 0.5) is 10.3 Å². The number of terminal acetylenes is 1. The first-order valence-electron chi connectivity index (χ1n) is 13.0. The summed E-state index contributed by atoms with van der Waals surface area (Å²) in [6.07, 6.45) is 1.44. The number of aromatic amines is 1. The first-order chi connectivity index (χ1) is 20.3. The van der Waals surface area contributed by atoms with Crippen LogP contribution in [0.5, 0.6) is 0 Å². The van der Waals surface area contributed by atoms with Gasteiger partial charge in [0, 0.05) is 12.3 Å². The average Bonchev–Trinajstić information content (AvgIpc) is 3.52. The van der Waals surface area contributed by atoms with E-state index in [4.69, 9.17) is 25.9 Å². The van der Waals surface area contributed by atoms with Crippen molar-refractivity contribution in [2.24, 2.45) is 5.41 Å². The highest BCUT2D eigenvalue weighted by molar-refractivity contribution is 8.13. The number of anilines is 1. The largest absolute Gasteiger partial charge is 0.405 e. The Morgan fingerprint density at radius 3 is 2.79 bits per heavy atom. The first-order valence-corrected chi connectivity index (χ1v) is 15.5. The lowest BCUT2D eigenvalue weighted by Crippen LogP contribution is -2.42. The van der Waals surface area contributed by atoms with Gasteiger partial charge in [-0.1, -0.05) is 48.0 Å². The van der Waals surface area contributed by atoms with Gasteiger partial charge in [0.05, 0.1) is 31.6 Å². The number of carbonyl (C=O) groups is 1. The van der Waals surface area contributed by atoms with Crippen LogP contribution in [0.25, 0.3) is 11.2 Å². The number of thioether (sulfide) groups is 1. The third-order valence-corrected chi connectivity index (χ3v) is 9.37. The zero-order chi connectivity index (χ0) is 31.4. The molecule has 0 amide bonds. The van der Waals surface area contributed by atoms with E-state index in [9.17, 15) is 24.4 Å². The predicted octanol–water partition coefficient (Wildman–Crippen LogP) is 1.51. The number of aliphatic hydroxyl groups excluding tert-OH is 2. The number of halogens is 1. The summed E-state index contributed by atoms with van der Waals surface area (Å²) in [5.74, 6) is 1.75. The van der Waals surface area contributed by atoms with E-state index in [0.29, 0.717) is 0 Å². The molecule has 0 bridgehead atoms. The second-order valence-electron chi connectivity index (χ2n) is 10.3. The average molecular weight is 639 g/mol. The maximum absolute atomic E-state index is 16.1. The molecule has 3 heterocycles. The van der Waals surface area contributed by atoms with Crippen molar-refractivity contribution in [1.29, 1.82) is 0 Å². The molecule has 0 spiro atoms. The highest BCUT2D eigenvalue weighted by atomic mass is 32.2. The number of ether oxygens (including phenoxy) is 1. The lowest BCUT2D eigenvalue weighted by molar-refractivity contribution is -0.119. The number of aliphatic hydroxyl groups is 2. The minimum absolute atomic E-state index is 0.0680. The number of rotatable bonds is 13. The minimum atomic E-state index is -4.14. The SMILES string of the molecule is C#CC1(F)C(O)C(COP(=O)(NCc2ccccc2)OCCSC(=O)C(C)(C)CO)OC1n1cnc2c(=O)[nH]c(N)nc21. The molecule has 14 nitrogen and oxygen atoms in total. The second-order valence-corrected chi connectivity index (χ2v) is 13.2. The number of fused-ring (bicyclic) bond motifs is 1. The smallest absolute Gasteiger partial charge is 0.395 e. The molecular weight excluding hydrogens is 606 g/mol. The van der Waals surface area contributed by atoms with Crippen molar-refractivity contribution in [3.05, 3.63) is 52.6 Å². The van der Waals surface area contributed by atoms with Gasteiger partial charge in [0.1, 0.15) is 12.2 Å². The number of aromatic nitrogens is 4. The van der Waals surface area contributed by atoms with Crippen molar-refractivity contribution in [3.8, 4) is 12.3 Å². The number of carbonyl (C=O) groups excluding carboxylic acids is 1. The number of alkyl halides is 1. The Morgan fingerprint density at radius 2 is 2.12 bits per heavy atom. The van der Waals surface area contributed by atoms with Crippen LogP contribution < -0.4 is 16.4 Å². The molecule has 1 saturated heterocycles. The molecule has 0 aliphatic carbocycles. The van der Waals surface area contributed by atoms with E-state index >= 15 is 4.39 Å². The summed E-state index contributed by atoms with van der Waals surface area (Å²) in [6, 6.07) is 8.94. The molecule has 0 radical (unpaired) electrons. The van der Waals surface area contributed by atoms with Crippen LogP contribution >= 0.6 is 19.5 Å². The Kier molecular flexibility index (Phi) is 10.1. The van der Waals surface area contributed by atoms with Gasteiger partial charge in [-0.2, -0.15) is 4.98 Å². The maximum Gasteiger partial charge on any atom is 0.405 e. The summed E-state index contributed by atoms with van der Waals surface area (Å²) in [4.78, 5) is 34.7. The molecule has 43 heavy (non-hydrogen) atoms. The summed E-state index contributed by atoms with van der Waals surface area (Å²) in [5, 5.41) is 22.7. The van der Waals surface area contributed by atoms with E-state index in [0.717, 1.165) is 28.2 Å². The Hall–Kier alpha value is -3.13. The van der Waals surface area contributed by atoms with Crippen molar-refractivity contribution < 1.29 is 37.7 Å². The van der Waals surface area contributed by atoms with E-state index in [2.05, 4.69) is 20.0 Å². The molecule has 0 saturated carbocycles. The highest BCUT2D eigenvalue weighted by Gasteiger charge is 2.58. The molecule has 1 aliphatic heterocycles. The Morgan fingerprint density at radius 1 is 1.40 bits per heavy atom. The van der Waals surface area contributed by atoms with Crippen LogP contribution in [-0.4, -0.2) is 78.3 Å². The molecule has 4 rings (SSSR count). The third-order valence-electron chi connectivity index (χ3n) is 6.62. The molecule has 5 unspecified atom stereocenters. The number of benzene rings is 1. The quantitative estimate of drug-likeness (QED) is 0.102. The fourth-order valence-corrected chi connectivity index (χ4v) is 6.30. The summed E-state index contributed by atoms with van der Waals surface area (Å²) in [7, 11) is -4.14. The van der Waals surface area contributed by atoms with E-state index in [1.807, 2.05) is 12.0 Å². The Bertz CT molecular complexity index is 1600. The second kappa shape index (κ2) is 13.2. The number of hydrogen-bond acceptors (Lipinski definition) is 12. The molecular formula is C26H32FN6O8PS. The van der Waals surface area contributed by atoms with Crippen molar-refractivity contribution >= 4 is 41.7 Å². The molecule has 1 fully saturated rings. The van der Waals surface area contributed by atoms with Crippen molar-refractivity contribution in [2.45, 2.75) is 44.5 Å². The Labute approximate surface area is 250 Å². The normalized spacial score (nSPS) is 23.7. The van der Waals surface area contributed by atoms with Crippen LogP contribution in [0, 0.1) is 17.8 Å². The van der Waals surface area contributed by atoms with E-state index < -0.39 is 49.4 Å². The van der Waals surface area contributed by atoms with Crippen LogP contribution in [0.15, 0.2) is 41.5 Å². The molecule has 232 valence electrons. The lowest BCUT2D eigenvalue weighted by Gasteiger charge is -2.24. The minimum Gasteiger partial charge on any atom is -0.395 e. The summed E-state index contributed by atoms with van der Waals surface area (Å²) < 4.78 is 47.7. The number of nitrogens with one attached hydrogen (secondary N) is 2. The molecule has 17 heteroatoms. The first kappa shape index (κ1) is 32.8. The summed E-state index contributed by atoms with van der Waals surface area (Å²) >= 11 is 0.898. The van der Waals surface area contributed by atoms with Crippen molar-refractivity contribution in [2.75, 3.05) is 31.3 Å². The number of imidazole rings is 1. The van der Waals surface area contributed by atoms with Gasteiger partial charge < -0.3 is 20.7 Å². The standard InChI is InChI=1S/C26H32FN6O8PS/c1-4-26(27)19(35)17(41-22(26)33-15-29-18-20(33)31-24(28)32-21(18)36)13-40-42(38,30-12-16-8-6-5-7-9-16)39-10-11-43-23(37)25(2,3)14-34/h1,5-9,15,17,19,22,34-35H,10-14H2,2-3H3,(H,30,38)(H3,28,31,32,36). The number of H-pyrrole nitrogens is 1. The van der Waals surface area contributed by atoms with Gasteiger partial charge in [-0.15, -0.1) is 6.42 Å². The van der Waals surface area contributed by atoms with Crippen LogP contribution in [0.3, 0.4) is 0 Å². The van der Waals surface area contributed by atoms with Gasteiger partial charge in [-0.05, 0) is 19.4 Å². The van der Waals surface area contributed by atoms with Crippen molar-refractivity contribution in [3.63, 3.8) is 0 Å². The molecule has 1 aromatic carbocycles. The predicted molar refractivity (Wildman–Crippen MR) is 156 cm³/mol. The summed E-state index contributed by atoms with van der Waals surface area (Å²) in [6.45, 7) is 2.10. The maximum atomic E-state index is 16.1. The molecule has 1 aliphatic rings. The van der Waals surface area contributed by atoms with E-state index in [-0.39, 0.29) is 47.7 Å². The molecule has 6 N–H and O–H groups in total. The van der Waals surface area contributed by atoms with Gasteiger partial charge in [0.15, 0.2) is 22.5 Å². The van der Waals surface area contributed by atoms with Gasteiger partial charge in [-0.25, -0.2) is 19.0 Å². The third kappa shape index (κ3) is 7.17. The molecule has 3 aromatic rings. The van der Waals surface area contributed by atoms with Crippen molar-refractivity contribution in [1.82, 2.24) is 24.6 Å². The highest BCUT2D eigenvalue weighted by Crippen LogP contribution is 2.47. The van der Waals surface area contributed by atoms with Crippen LogP contribution in [0.1, 0.15) is 25.6 Å². The monoisotopic (exact) mass is 638 g/mol. The van der Waals surface area contributed by atoms with E-state index in [1.165, 1.54) is 0 Å². The molecule has 2 aromatic heterocycles. The fourth-order valence-electron chi connectivity index (χ4n) is 4.06. The summed E-state index contributed by atoms with van der Waals surface area (Å²) in [5.41, 5.74) is 1.62. The Balaban J connectivity index is 1.49. The van der Waals surface area contributed by atoms with Crippen LogP contribution in [0.2, 0.25) is 0 Å². The zero-order valence-corrected chi connectivity index (χ0v) is 25.0. The van der Waals surface area contributed by atoms with Gasteiger partial charge >= 0.3 is 7.75 Å². The van der Waals surface area contributed by atoms with Gasteiger partial charge in [-0.3, -0.25) is 28.2 Å². The number of nitrogens with zero attached hydrogens (tertiary/aromatic N) is 3. The number of nitrogens with two attached hydrogens (primary N) is 1. The lowest BCUT2D eigenvalue weighted by atomic mass is 9.97. The fraction of sp³-hybridized carbons (Fsp3) is 0.462. The zero-order valence-electron chi connectivity index (χ0n) is 23.3. The van der Waals surface area contributed by atoms with Gasteiger partial charge in [0.25, 0.3) is 5.56 Å².